The van der Waals surface area contributed by atoms with Gasteiger partial charge in [-0.15, -0.1) is 0 Å². The average molecular weight is 333 g/mol. The first kappa shape index (κ1) is 15.2. The molecule has 0 fully saturated rings. The Labute approximate surface area is 129 Å². The van der Waals surface area contributed by atoms with Gasteiger partial charge in [0.2, 0.25) is 0 Å². The van der Waals surface area contributed by atoms with Crippen molar-refractivity contribution in [3.05, 3.63) is 63.9 Å². The lowest BCUT2D eigenvalue weighted by Crippen LogP contribution is -2.33. The number of aryl methyl sites for hydroxylation is 1. The van der Waals surface area contributed by atoms with E-state index in [1.807, 2.05) is 12.4 Å². The molecule has 2 rings (SSSR count). The number of rotatable bonds is 6. The third-order valence-electron chi connectivity index (χ3n) is 3.46. The molecule has 0 aliphatic rings. The summed E-state index contributed by atoms with van der Waals surface area (Å²) in [5, 5.41) is 3.58. The number of pyridine rings is 1. The molecule has 0 saturated carbocycles. The van der Waals surface area contributed by atoms with E-state index in [1.165, 1.54) is 16.7 Å². The maximum absolute atomic E-state index is 4.25. The van der Waals surface area contributed by atoms with Crippen LogP contribution in [0.1, 0.15) is 23.6 Å². The van der Waals surface area contributed by atoms with Crippen LogP contribution >= 0.6 is 15.9 Å². The normalized spacial score (nSPS) is 12.3. The summed E-state index contributed by atoms with van der Waals surface area (Å²) in [6.07, 6.45) is 5.82. The molecular formula is C17H21BrN2. The van der Waals surface area contributed by atoms with Crippen molar-refractivity contribution in [2.75, 3.05) is 6.54 Å². The standard InChI is InChI=1S/C17H21BrN2/c1-3-20-17(9-14-8-16(18)12-19-11-14)10-15-7-5-4-6-13(15)2/h4-8,11-12,17,20H,3,9-10H2,1-2H3. The van der Waals surface area contributed by atoms with Crippen LogP contribution < -0.4 is 5.32 Å². The first-order valence-corrected chi connectivity index (χ1v) is 7.85. The molecule has 1 N–H and O–H groups in total. The molecule has 2 nitrogen and oxygen atoms in total. The van der Waals surface area contributed by atoms with Crippen molar-refractivity contribution in [1.82, 2.24) is 10.3 Å². The Morgan fingerprint density at radius 1 is 1.20 bits per heavy atom. The van der Waals surface area contributed by atoms with E-state index in [1.54, 1.807) is 0 Å². The van der Waals surface area contributed by atoms with Gasteiger partial charge in [0.05, 0.1) is 0 Å². The molecule has 0 saturated heterocycles. The molecule has 0 aliphatic carbocycles. The molecule has 0 aliphatic heterocycles. The number of nitrogens with zero attached hydrogens (tertiary/aromatic N) is 1. The summed E-state index contributed by atoms with van der Waals surface area (Å²) in [5.74, 6) is 0. The number of halogens is 1. The lowest BCUT2D eigenvalue weighted by Gasteiger charge is -2.19. The van der Waals surface area contributed by atoms with Crippen molar-refractivity contribution in [3.63, 3.8) is 0 Å². The minimum atomic E-state index is 0.442. The smallest absolute Gasteiger partial charge is 0.0410 e. The van der Waals surface area contributed by atoms with Gasteiger partial charge in [0.25, 0.3) is 0 Å². The summed E-state index contributed by atoms with van der Waals surface area (Å²) in [7, 11) is 0. The Morgan fingerprint density at radius 2 is 2.00 bits per heavy atom. The number of likely N-dealkylation sites (N-methyl/N-ethyl adjacent to an activating group) is 1. The predicted molar refractivity (Wildman–Crippen MR) is 88.0 cm³/mol. The summed E-state index contributed by atoms with van der Waals surface area (Å²) in [6, 6.07) is 11.2. The summed E-state index contributed by atoms with van der Waals surface area (Å²) < 4.78 is 1.04. The van der Waals surface area contributed by atoms with Crippen LogP contribution in [0.25, 0.3) is 0 Å². The molecule has 1 atom stereocenters. The van der Waals surface area contributed by atoms with E-state index in [2.05, 4.69) is 70.4 Å². The zero-order chi connectivity index (χ0) is 14.4. The van der Waals surface area contributed by atoms with Gasteiger partial charge in [0, 0.05) is 22.9 Å². The Hall–Kier alpha value is -1.19. The van der Waals surface area contributed by atoms with E-state index in [4.69, 9.17) is 0 Å². The molecule has 106 valence electrons. The molecule has 0 spiro atoms. The molecular weight excluding hydrogens is 312 g/mol. The maximum Gasteiger partial charge on any atom is 0.0410 e. The van der Waals surface area contributed by atoms with Crippen LogP contribution in [-0.2, 0) is 12.8 Å². The highest BCUT2D eigenvalue weighted by Crippen LogP contribution is 2.15. The minimum absolute atomic E-state index is 0.442. The van der Waals surface area contributed by atoms with Gasteiger partial charge in [-0.1, -0.05) is 31.2 Å². The van der Waals surface area contributed by atoms with Gasteiger partial charge in [-0.05, 0) is 65.0 Å². The van der Waals surface area contributed by atoms with E-state index in [0.717, 1.165) is 23.9 Å². The van der Waals surface area contributed by atoms with Crippen molar-refractivity contribution in [2.24, 2.45) is 0 Å². The van der Waals surface area contributed by atoms with E-state index >= 15 is 0 Å². The molecule has 0 amide bonds. The summed E-state index contributed by atoms with van der Waals surface area (Å²) in [4.78, 5) is 4.25. The second-order valence-corrected chi connectivity index (χ2v) is 6.02. The summed E-state index contributed by atoms with van der Waals surface area (Å²) >= 11 is 3.49. The quantitative estimate of drug-likeness (QED) is 0.867. The highest BCUT2D eigenvalue weighted by Gasteiger charge is 2.11. The van der Waals surface area contributed by atoms with Crippen LogP contribution in [0.5, 0.6) is 0 Å². The number of hydrogen-bond donors (Lipinski definition) is 1. The van der Waals surface area contributed by atoms with Crippen LogP contribution in [0, 0.1) is 6.92 Å². The number of aromatic nitrogens is 1. The van der Waals surface area contributed by atoms with Gasteiger partial charge in [-0.25, -0.2) is 0 Å². The molecule has 0 bridgehead atoms. The Morgan fingerprint density at radius 3 is 2.70 bits per heavy atom. The Balaban J connectivity index is 2.09. The fraction of sp³-hybridized carbons (Fsp3) is 0.353. The molecule has 1 aromatic carbocycles. The molecule has 0 radical (unpaired) electrons. The topological polar surface area (TPSA) is 24.9 Å². The second kappa shape index (κ2) is 7.55. The van der Waals surface area contributed by atoms with Crippen LogP contribution in [0.15, 0.2) is 47.2 Å². The predicted octanol–water partition coefficient (Wildman–Crippen LogP) is 3.92. The van der Waals surface area contributed by atoms with Crippen molar-refractivity contribution in [1.29, 1.82) is 0 Å². The molecule has 3 heteroatoms. The number of benzene rings is 1. The Bertz CT molecular complexity index is 554. The van der Waals surface area contributed by atoms with Gasteiger partial charge < -0.3 is 5.32 Å². The van der Waals surface area contributed by atoms with E-state index in [0.29, 0.717) is 6.04 Å². The molecule has 2 aromatic rings. The fourth-order valence-corrected chi connectivity index (χ4v) is 2.87. The van der Waals surface area contributed by atoms with Crippen molar-refractivity contribution < 1.29 is 0 Å². The van der Waals surface area contributed by atoms with Crippen molar-refractivity contribution in [2.45, 2.75) is 32.7 Å². The van der Waals surface area contributed by atoms with Crippen LogP contribution in [0.3, 0.4) is 0 Å². The van der Waals surface area contributed by atoms with Crippen LogP contribution in [0.4, 0.5) is 0 Å². The minimum Gasteiger partial charge on any atom is -0.314 e. The first-order chi connectivity index (χ1) is 9.69. The van der Waals surface area contributed by atoms with Gasteiger partial charge >= 0.3 is 0 Å². The van der Waals surface area contributed by atoms with Crippen molar-refractivity contribution in [3.8, 4) is 0 Å². The third kappa shape index (κ3) is 4.43. The summed E-state index contributed by atoms with van der Waals surface area (Å²) in [5.41, 5.74) is 4.04. The molecule has 1 aromatic heterocycles. The first-order valence-electron chi connectivity index (χ1n) is 7.06. The number of nitrogens with one attached hydrogen (secondary N) is 1. The van der Waals surface area contributed by atoms with E-state index < -0.39 is 0 Å². The fourth-order valence-electron chi connectivity index (χ4n) is 2.46. The highest BCUT2D eigenvalue weighted by atomic mass is 79.9. The van der Waals surface area contributed by atoms with E-state index in [9.17, 15) is 0 Å². The molecule has 20 heavy (non-hydrogen) atoms. The van der Waals surface area contributed by atoms with E-state index in [-0.39, 0.29) is 0 Å². The third-order valence-corrected chi connectivity index (χ3v) is 3.90. The van der Waals surface area contributed by atoms with Crippen molar-refractivity contribution >= 4 is 15.9 Å². The summed E-state index contributed by atoms with van der Waals surface area (Å²) in [6.45, 7) is 5.32. The molecule has 1 heterocycles. The lowest BCUT2D eigenvalue weighted by atomic mass is 9.97. The van der Waals surface area contributed by atoms with Gasteiger partial charge in [-0.3, -0.25) is 4.98 Å². The SMILES string of the molecule is CCNC(Cc1cncc(Br)c1)Cc1ccccc1C. The number of hydrogen-bond acceptors (Lipinski definition) is 2. The largest absolute Gasteiger partial charge is 0.314 e. The van der Waals surface area contributed by atoms with Gasteiger partial charge in [0.15, 0.2) is 0 Å². The highest BCUT2D eigenvalue weighted by molar-refractivity contribution is 9.10. The zero-order valence-electron chi connectivity index (χ0n) is 12.1. The maximum atomic E-state index is 4.25. The Kier molecular flexibility index (Phi) is 5.74. The van der Waals surface area contributed by atoms with Gasteiger partial charge in [-0.2, -0.15) is 0 Å². The van der Waals surface area contributed by atoms with Gasteiger partial charge in [0.1, 0.15) is 0 Å². The zero-order valence-corrected chi connectivity index (χ0v) is 13.7. The van der Waals surface area contributed by atoms with Crippen LogP contribution in [-0.4, -0.2) is 17.6 Å². The lowest BCUT2D eigenvalue weighted by molar-refractivity contribution is 0.520. The van der Waals surface area contributed by atoms with Crippen LogP contribution in [0.2, 0.25) is 0 Å². The molecule has 1 unspecified atom stereocenters. The average Bonchev–Trinajstić information content (AvgIpc) is 2.42. The second-order valence-electron chi connectivity index (χ2n) is 5.10. The monoisotopic (exact) mass is 332 g/mol.